The van der Waals surface area contributed by atoms with Gasteiger partial charge in [0, 0.05) is 25.8 Å². The zero-order chi connectivity index (χ0) is 22.1. The van der Waals surface area contributed by atoms with E-state index in [1.807, 2.05) is 26.1 Å². The number of para-hydroxylation sites is 1. The monoisotopic (exact) mass is 429 g/mol. The van der Waals surface area contributed by atoms with Gasteiger partial charge < -0.3 is 25.0 Å². The standard InChI is InChI=1S/C23H32FN5O2/c1-4-25-23(27-13-17(2)31-21-8-6-5-7-20(21)24)28-15-19-9-10-22(26-14-19)29-11-12-30-18(3)16-29/h5-10,14,17-18H,4,11-13,15-16H2,1-3H3,(H2,25,27,28). The normalized spacial score (nSPS) is 17.9. The molecule has 1 aromatic carbocycles. The first-order valence-corrected chi connectivity index (χ1v) is 10.8. The van der Waals surface area contributed by atoms with Crippen LogP contribution in [0.3, 0.4) is 0 Å². The van der Waals surface area contributed by atoms with E-state index in [0.717, 1.165) is 37.6 Å². The Labute approximate surface area is 183 Å². The van der Waals surface area contributed by atoms with E-state index in [-0.39, 0.29) is 23.8 Å². The first kappa shape index (κ1) is 22.8. The minimum Gasteiger partial charge on any atom is -0.486 e. The minimum absolute atomic E-state index is 0.221. The average Bonchev–Trinajstić information content (AvgIpc) is 2.77. The number of nitrogens with one attached hydrogen (secondary N) is 2. The number of aliphatic imine (C=N–C) groups is 1. The number of morpholine rings is 1. The maximum absolute atomic E-state index is 13.7. The number of aromatic nitrogens is 1. The van der Waals surface area contributed by atoms with Crippen molar-refractivity contribution in [2.75, 3.05) is 37.7 Å². The van der Waals surface area contributed by atoms with Crippen LogP contribution in [0, 0.1) is 5.82 Å². The predicted octanol–water partition coefficient (Wildman–Crippen LogP) is 2.97. The Bertz CT molecular complexity index is 846. The Morgan fingerprint density at radius 1 is 1.32 bits per heavy atom. The van der Waals surface area contributed by atoms with Crippen LogP contribution in [0.4, 0.5) is 10.2 Å². The summed E-state index contributed by atoms with van der Waals surface area (Å²) in [5.41, 5.74) is 1.03. The molecule has 1 aliphatic rings. The van der Waals surface area contributed by atoms with Crippen molar-refractivity contribution in [3.05, 3.63) is 54.0 Å². The van der Waals surface area contributed by atoms with Crippen molar-refractivity contribution in [1.82, 2.24) is 15.6 Å². The lowest BCUT2D eigenvalue weighted by atomic mass is 10.2. The third-order valence-electron chi connectivity index (χ3n) is 4.86. The maximum atomic E-state index is 13.7. The summed E-state index contributed by atoms with van der Waals surface area (Å²) in [6.07, 6.45) is 1.86. The smallest absolute Gasteiger partial charge is 0.191 e. The quantitative estimate of drug-likeness (QED) is 0.497. The highest BCUT2D eigenvalue weighted by atomic mass is 19.1. The van der Waals surface area contributed by atoms with Crippen LogP contribution in [-0.4, -0.2) is 55.9 Å². The van der Waals surface area contributed by atoms with Gasteiger partial charge in [0.1, 0.15) is 11.9 Å². The van der Waals surface area contributed by atoms with Crippen LogP contribution in [0.5, 0.6) is 5.75 Å². The summed E-state index contributed by atoms with van der Waals surface area (Å²) in [6, 6.07) is 10.5. The van der Waals surface area contributed by atoms with E-state index in [9.17, 15) is 4.39 Å². The molecule has 0 spiro atoms. The first-order valence-electron chi connectivity index (χ1n) is 10.8. The van der Waals surface area contributed by atoms with E-state index in [2.05, 4.69) is 38.5 Å². The second-order valence-electron chi connectivity index (χ2n) is 7.59. The lowest BCUT2D eigenvalue weighted by molar-refractivity contribution is 0.0529. The molecule has 2 N–H and O–H groups in total. The molecule has 2 aromatic rings. The molecule has 0 aliphatic carbocycles. The lowest BCUT2D eigenvalue weighted by Gasteiger charge is -2.32. The van der Waals surface area contributed by atoms with Crippen molar-refractivity contribution < 1.29 is 13.9 Å². The Hall–Kier alpha value is -2.87. The maximum Gasteiger partial charge on any atom is 0.191 e. The lowest BCUT2D eigenvalue weighted by Crippen LogP contribution is -2.42. The molecule has 2 unspecified atom stereocenters. The average molecular weight is 430 g/mol. The highest BCUT2D eigenvalue weighted by Gasteiger charge is 2.17. The van der Waals surface area contributed by atoms with Crippen molar-refractivity contribution in [3.63, 3.8) is 0 Å². The molecule has 31 heavy (non-hydrogen) atoms. The Morgan fingerprint density at radius 2 is 2.16 bits per heavy atom. The predicted molar refractivity (Wildman–Crippen MR) is 121 cm³/mol. The molecule has 8 heteroatoms. The minimum atomic E-state index is -0.364. The fourth-order valence-electron chi connectivity index (χ4n) is 3.28. The molecule has 168 valence electrons. The molecule has 1 saturated heterocycles. The zero-order valence-corrected chi connectivity index (χ0v) is 18.5. The van der Waals surface area contributed by atoms with Crippen molar-refractivity contribution in [3.8, 4) is 5.75 Å². The summed E-state index contributed by atoms with van der Waals surface area (Å²) >= 11 is 0. The molecule has 0 amide bonds. The van der Waals surface area contributed by atoms with Gasteiger partial charge in [-0.3, -0.25) is 0 Å². The largest absolute Gasteiger partial charge is 0.486 e. The topological polar surface area (TPSA) is 71.0 Å². The molecule has 1 aliphatic heterocycles. The number of rotatable bonds is 8. The number of guanidine groups is 1. The van der Waals surface area contributed by atoms with E-state index < -0.39 is 0 Å². The fraction of sp³-hybridized carbons (Fsp3) is 0.478. The molecule has 0 radical (unpaired) electrons. The van der Waals surface area contributed by atoms with Gasteiger partial charge in [0.15, 0.2) is 17.5 Å². The molecule has 0 bridgehead atoms. The Morgan fingerprint density at radius 3 is 2.87 bits per heavy atom. The summed E-state index contributed by atoms with van der Waals surface area (Å²) in [5, 5.41) is 6.47. The van der Waals surface area contributed by atoms with Crippen molar-refractivity contribution in [1.29, 1.82) is 0 Å². The van der Waals surface area contributed by atoms with Crippen LogP contribution < -0.4 is 20.3 Å². The highest BCUT2D eigenvalue weighted by Crippen LogP contribution is 2.17. The Balaban J connectivity index is 1.52. The van der Waals surface area contributed by atoms with Gasteiger partial charge in [-0.2, -0.15) is 0 Å². The van der Waals surface area contributed by atoms with E-state index in [4.69, 9.17) is 9.47 Å². The first-order chi connectivity index (χ1) is 15.0. The molecule has 0 saturated carbocycles. The fourth-order valence-corrected chi connectivity index (χ4v) is 3.28. The van der Waals surface area contributed by atoms with Gasteiger partial charge >= 0.3 is 0 Å². The summed E-state index contributed by atoms with van der Waals surface area (Å²) in [5.74, 6) is 1.53. The summed E-state index contributed by atoms with van der Waals surface area (Å²) in [6.45, 7) is 10.1. The number of hydrogen-bond acceptors (Lipinski definition) is 5. The molecule has 3 rings (SSSR count). The van der Waals surface area contributed by atoms with Crippen LogP contribution in [-0.2, 0) is 11.3 Å². The second kappa shape index (κ2) is 11.5. The number of benzene rings is 1. The molecule has 2 atom stereocenters. The molecule has 1 fully saturated rings. The van der Waals surface area contributed by atoms with Gasteiger partial charge in [0.05, 0.1) is 25.8 Å². The summed E-state index contributed by atoms with van der Waals surface area (Å²) in [7, 11) is 0. The third-order valence-corrected chi connectivity index (χ3v) is 4.86. The number of halogens is 1. The van der Waals surface area contributed by atoms with Gasteiger partial charge in [-0.25, -0.2) is 14.4 Å². The molecule has 1 aromatic heterocycles. The van der Waals surface area contributed by atoms with Crippen LogP contribution in [0.25, 0.3) is 0 Å². The van der Waals surface area contributed by atoms with Gasteiger partial charge in [-0.1, -0.05) is 18.2 Å². The highest BCUT2D eigenvalue weighted by molar-refractivity contribution is 5.79. The van der Waals surface area contributed by atoms with Crippen molar-refractivity contribution >= 4 is 11.8 Å². The Kier molecular flexibility index (Phi) is 8.46. The van der Waals surface area contributed by atoms with E-state index >= 15 is 0 Å². The SMILES string of the molecule is CCNC(=NCc1ccc(N2CCOC(C)C2)nc1)NCC(C)Oc1ccccc1F. The van der Waals surface area contributed by atoms with Crippen LogP contribution in [0.15, 0.2) is 47.6 Å². The molecule has 7 nitrogen and oxygen atoms in total. The molecular weight excluding hydrogens is 397 g/mol. The van der Waals surface area contributed by atoms with Gasteiger partial charge in [-0.15, -0.1) is 0 Å². The zero-order valence-electron chi connectivity index (χ0n) is 18.5. The third kappa shape index (κ3) is 7.10. The van der Waals surface area contributed by atoms with Crippen molar-refractivity contribution in [2.45, 2.75) is 39.5 Å². The molecule has 2 heterocycles. The van der Waals surface area contributed by atoms with Crippen LogP contribution in [0.1, 0.15) is 26.3 Å². The van der Waals surface area contributed by atoms with Crippen LogP contribution >= 0.6 is 0 Å². The van der Waals surface area contributed by atoms with E-state index in [1.54, 1.807) is 18.2 Å². The number of hydrogen-bond donors (Lipinski definition) is 2. The number of ether oxygens (including phenoxy) is 2. The number of anilines is 1. The van der Waals surface area contributed by atoms with E-state index in [0.29, 0.717) is 19.0 Å². The van der Waals surface area contributed by atoms with Crippen LogP contribution in [0.2, 0.25) is 0 Å². The van der Waals surface area contributed by atoms with Crippen molar-refractivity contribution in [2.24, 2.45) is 4.99 Å². The summed E-state index contributed by atoms with van der Waals surface area (Å²) < 4.78 is 25.0. The van der Waals surface area contributed by atoms with E-state index in [1.165, 1.54) is 6.07 Å². The summed E-state index contributed by atoms with van der Waals surface area (Å²) in [4.78, 5) is 11.5. The number of nitrogens with zero attached hydrogens (tertiary/aromatic N) is 3. The van der Waals surface area contributed by atoms with Gasteiger partial charge in [0.25, 0.3) is 0 Å². The second-order valence-corrected chi connectivity index (χ2v) is 7.59. The molecular formula is C23H32FN5O2. The van der Waals surface area contributed by atoms with Gasteiger partial charge in [0.2, 0.25) is 0 Å². The number of pyridine rings is 1. The van der Waals surface area contributed by atoms with Gasteiger partial charge in [-0.05, 0) is 44.5 Å².